The Hall–Kier alpha value is -1.52. The van der Waals surface area contributed by atoms with Gasteiger partial charge in [0.05, 0.1) is 39.6 Å². The molecule has 4 rings (SSSR count). The average molecular weight is 360 g/mol. The normalized spacial score (nSPS) is 29.9. The summed E-state index contributed by atoms with van der Waals surface area (Å²) in [6, 6.07) is 4.21. The van der Waals surface area contributed by atoms with E-state index in [1.54, 1.807) is 0 Å². The van der Waals surface area contributed by atoms with E-state index in [9.17, 15) is 5.11 Å². The van der Waals surface area contributed by atoms with Gasteiger partial charge in [-0.1, -0.05) is 18.5 Å². The van der Waals surface area contributed by atoms with Crippen LogP contribution in [0.3, 0.4) is 0 Å². The first-order valence-corrected chi connectivity index (χ1v) is 9.31. The van der Waals surface area contributed by atoms with Crippen LogP contribution in [0.2, 0.25) is 5.02 Å². The van der Waals surface area contributed by atoms with Crippen molar-refractivity contribution >= 4 is 17.3 Å². The van der Waals surface area contributed by atoms with Crippen molar-refractivity contribution in [2.24, 2.45) is 7.05 Å². The molecule has 0 saturated heterocycles. The Labute approximate surface area is 154 Å². The number of fused-ring (bicyclic) bond motifs is 3. The molecular formula is C20H26ClN3O. The second-order valence-corrected chi connectivity index (χ2v) is 8.87. The molecule has 2 N–H and O–H groups in total. The number of aliphatic hydroxyl groups is 1. The van der Waals surface area contributed by atoms with Gasteiger partial charge in [0.2, 0.25) is 0 Å². The van der Waals surface area contributed by atoms with Crippen molar-refractivity contribution in [2.45, 2.75) is 63.5 Å². The van der Waals surface area contributed by atoms with Gasteiger partial charge in [-0.25, -0.2) is 4.98 Å². The summed E-state index contributed by atoms with van der Waals surface area (Å²) < 4.78 is 2.02. The van der Waals surface area contributed by atoms with Crippen molar-refractivity contribution in [1.82, 2.24) is 9.55 Å². The number of imidazole rings is 1. The first-order valence-electron chi connectivity index (χ1n) is 8.94. The van der Waals surface area contributed by atoms with Gasteiger partial charge in [-0.2, -0.15) is 0 Å². The van der Waals surface area contributed by atoms with Crippen LogP contribution in [0.1, 0.15) is 51.3 Å². The number of aromatic nitrogens is 2. The van der Waals surface area contributed by atoms with E-state index < -0.39 is 11.1 Å². The molecule has 2 atom stereocenters. The third kappa shape index (κ3) is 2.01. The molecule has 1 aliphatic carbocycles. The van der Waals surface area contributed by atoms with Crippen LogP contribution < -0.4 is 5.32 Å². The van der Waals surface area contributed by atoms with Gasteiger partial charge in [0.15, 0.2) is 0 Å². The highest BCUT2D eigenvalue weighted by molar-refractivity contribution is 6.33. The van der Waals surface area contributed by atoms with Gasteiger partial charge in [-0.15, -0.1) is 0 Å². The maximum atomic E-state index is 11.6. The molecular weight excluding hydrogens is 334 g/mol. The molecule has 1 fully saturated rings. The number of aryl methyl sites for hydroxylation is 2. The molecule has 0 spiro atoms. The van der Waals surface area contributed by atoms with Crippen LogP contribution in [0.15, 0.2) is 18.5 Å². The highest BCUT2D eigenvalue weighted by Gasteiger charge is 2.63. The number of rotatable bonds is 1. The third-order valence-electron chi connectivity index (χ3n) is 6.68. The van der Waals surface area contributed by atoms with Crippen LogP contribution in [0.5, 0.6) is 0 Å². The van der Waals surface area contributed by atoms with Gasteiger partial charge in [-0.05, 0) is 57.7 Å². The molecule has 0 radical (unpaired) electrons. The predicted octanol–water partition coefficient (Wildman–Crippen LogP) is 4.43. The van der Waals surface area contributed by atoms with Gasteiger partial charge in [0.25, 0.3) is 0 Å². The zero-order valence-corrected chi connectivity index (χ0v) is 16.3. The number of halogens is 1. The fraction of sp³-hybridized carbons (Fsp3) is 0.550. The van der Waals surface area contributed by atoms with Crippen molar-refractivity contribution in [1.29, 1.82) is 0 Å². The van der Waals surface area contributed by atoms with Crippen molar-refractivity contribution < 1.29 is 5.11 Å². The number of benzene rings is 1. The molecule has 4 nitrogen and oxygen atoms in total. The maximum Gasteiger partial charge on any atom is 0.0964 e. The summed E-state index contributed by atoms with van der Waals surface area (Å²) in [5, 5.41) is 15.9. The molecule has 25 heavy (non-hydrogen) atoms. The molecule has 5 heteroatoms. The molecule has 0 bridgehead atoms. The molecule has 1 aromatic carbocycles. The lowest BCUT2D eigenvalue weighted by atomic mass is 9.60. The monoisotopic (exact) mass is 359 g/mol. The van der Waals surface area contributed by atoms with E-state index in [-0.39, 0.29) is 5.41 Å². The van der Waals surface area contributed by atoms with E-state index >= 15 is 0 Å². The van der Waals surface area contributed by atoms with Gasteiger partial charge in [-0.3, -0.25) is 0 Å². The minimum absolute atomic E-state index is 0.316. The Morgan fingerprint density at radius 1 is 1.24 bits per heavy atom. The molecule has 1 aliphatic heterocycles. The van der Waals surface area contributed by atoms with E-state index in [0.717, 1.165) is 47.5 Å². The van der Waals surface area contributed by atoms with E-state index in [1.807, 2.05) is 30.9 Å². The summed E-state index contributed by atoms with van der Waals surface area (Å²) in [4.78, 5) is 4.41. The lowest BCUT2D eigenvalue weighted by Crippen LogP contribution is -2.65. The molecule has 2 aromatic rings. The smallest absolute Gasteiger partial charge is 0.0964 e. The Balaban J connectivity index is 1.99. The quantitative estimate of drug-likeness (QED) is 0.792. The average Bonchev–Trinajstić information content (AvgIpc) is 3.02. The Bertz CT molecular complexity index is 853. The van der Waals surface area contributed by atoms with Crippen molar-refractivity contribution in [3.05, 3.63) is 34.7 Å². The van der Waals surface area contributed by atoms with Gasteiger partial charge >= 0.3 is 0 Å². The summed E-state index contributed by atoms with van der Waals surface area (Å²) in [7, 11) is 2.00. The van der Waals surface area contributed by atoms with Crippen molar-refractivity contribution in [3.8, 4) is 11.3 Å². The van der Waals surface area contributed by atoms with Gasteiger partial charge in [0.1, 0.15) is 0 Å². The lowest BCUT2D eigenvalue weighted by Gasteiger charge is -2.55. The zero-order chi connectivity index (χ0) is 18.2. The van der Waals surface area contributed by atoms with Crippen LogP contribution in [0, 0.1) is 6.92 Å². The number of hydrogen-bond acceptors (Lipinski definition) is 3. The molecule has 2 heterocycles. The molecule has 1 saturated carbocycles. The SMILES string of the molecule is Cc1ncn(C)c1-c1cc(Cl)c2c(c1)C1(C)CCCC1(O)C(C)(C)N2. The van der Waals surface area contributed by atoms with E-state index in [4.69, 9.17) is 11.6 Å². The Kier molecular flexibility index (Phi) is 3.39. The summed E-state index contributed by atoms with van der Waals surface area (Å²) in [5.41, 5.74) is 3.64. The largest absolute Gasteiger partial charge is 0.387 e. The van der Waals surface area contributed by atoms with E-state index in [1.165, 1.54) is 0 Å². The molecule has 1 aromatic heterocycles. The number of anilines is 1. The number of nitrogens with one attached hydrogen (secondary N) is 1. The third-order valence-corrected chi connectivity index (χ3v) is 6.98. The minimum atomic E-state index is -0.795. The van der Waals surface area contributed by atoms with Crippen LogP contribution in [-0.4, -0.2) is 25.8 Å². The summed E-state index contributed by atoms with van der Waals surface area (Å²) in [5.74, 6) is 0. The summed E-state index contributed by atoms with van der Waals surface area (Å²) >= 11 is 6.72. The van der Waals surface area contributed by atoms with Crippen LogP contribution in [-0.2, 0) is 12.5 Å². The fourth-order valence-electron chi connectivity index (χ4n) is 5.22. The number of nitrogens with zero attached hydrogens (tertiary/aromatic N) is 2. The standard InChI is InChI=1S/C20H26ClN3O/c1-12-17(24(5)11-22-12)13-9-14-16(15(21)10-13)23-18(2,3)20(25)8-6-7-19(14,20)4/h9-11,23,25H,6-8H2,1-5H3. The lowest BCUT2D eigenvalue weighted by molar-refractivity contribution is -0.0628. The molecule has 2 unspecified atom stereocenters. The minimum Gasteiger partial charge on any atom is -0.387 e. The van der Waals surface area contributed by atoms with Crippen molar-refractivity contribution in [3.63, 3.8) is 0 Å². The first-order chi connectivity index (χ1) is 11.6. The van der Waals surface area contributed by atoms with E-state index in [0.29, 0.717) is 5.02 Å². The highest BCUT2D eigenvalue weighted by atomic mass is 35.5. The Morgan fingerprint density at radius 3 is 2.60 bits per heavy atom. The van der Waals surface area contributed by atoms with Gasteiger partial charge < -0.3 is 15.0 Å². The Morgan fingerprint density at radius 2 is 1.96 bits per heavy atom. The fourth-order valence-corrected chi connectivity index (χ4v) is 5.49. The van der Waals surface area contributed by atoms with Crippen molar-refractivity contribution in [2.75, 3.05) is 5.32 Å². The second kappa shape index (κ2) is 5.01. The maximum absolute atomic E-state index is 11.6. The van der Waals surface area contributed by atoms with Crippen LogP contribution in [0.25, 0.3) is 11.3 Å². The topological polar surface area (TPSA) is 50.1 Å². The summed E-state index contributed by atoms with van der Waals surface area (Å²) in [6.45, 7) is 8.36. The molecule has 2 aliphatic rings. The van der Waals surface area contributed by atoms with Crippen LogP contribution in [0.4, 0.5) is 5.69 Å². The molecule has 0 amide bonds. The van der Waals surface area contributed by atoms with E-state index in [2.05, 4.69) is 37.1 Å². The van der Waals surface area contributed by atoms with Crippen LogP contribution >= 0.6 is 11.6 Å². The zero-order valence-electron chi connectivity index (χ0n) is 15.6. The molecule has 134 valence electrons. The number of hydrogen-bond donors (Lipinski definition) is 2. The second-order valence-electron chi connectivity index (χ2n) is 8.47. The summed E-state index contributed by atoms with van der Waals surface area (Å²) in [6.07, 6.45) is 4.61. The highest BCUT2D eigenvalue weighted by Crippen LogP contribution is 2.60. The van der Waals surface area contributed by atoms with Gasteiger partial charge in [0, 0.05) is 18.0 Å². The first kappa shape index (κ1) is 16.9. The predicted molar refractivity (Wildman–Crippen MR) is 102 cm³/mol.